The fraction of sp³-hybridized carbons (Fsp3) is 0.429. The third kappa shape index (κ3) is 3.64. The van der Waals surface area contributed by atoms with Gasteiger partial charge >= 0.3 is 0 Å². The summed E-state index contributed by atoms with van der Waals surface area (Å²) in [7, 11) is 0. The second-order valence-corrected chi connectivity index (χ2v) is 2.14. The van der Waals surface area contributed by atoms with E-state index in [1.165, 1.54) is 0 Å². The Morgan fingerprint density at radius 3 is 1.67 bits per heavy atom. The highest BCUT2D eigenvalue weighted by molar-refractivity contribution is 6.02. The Morgan fingerprint density at radius 1 is 1.11 bits per heavy atom. The zero-order valence-electron chi connectivity index (χ0n) is 6.08. The molecular formula is C7H12N2. The third-order valence-corrected chi connectivity index (χ3v) is 1.02. The molecule has 0 aromatic heterocycles. The van der Waals surface area contributed by atoms with Crippen molar-refractivity contribution >= 4 is 11.4 Å². The summed E-state index contributed by atoms with van der Waals surface area (Å²) < 4.78 is 0. The van der Waals surface area contributed by atoms with Crippen LogP contribution in [-0.2, 0) is 0 Å². The molecule has 50 valence electrons. The minimum atomic E-state index is 0.499. The van der Waals surface area contributed by atoms with E-state index < -0.39 is 0 Å². The summed E-state index contributed by atoms with van der Waals surface area (Å²) >= 11 is 0. The molecule has 0 heterocycles. The molecule has 0 aromatic rings. The van der Waals surface area contributed by atoms with Gasteiger partial charge in [0.15, 0.2) is 0 Å². The summed E-state index contributed by atoms with van der Waals surface area (Å²) in [6.45, 7) is 5.25. The second kappa shape index (κ2) is 3.17. The van der Waals surface area contributed by atoms with E-state index in [1.54, 1.807) is 19.9 Å². The number of hydrogen-bond donors (Lipinski definition) is 2. The van der Waals surface area contributed by atoms with Crippen LogP contribution in [0.1, 0.15) is 20.8 Å². The van der Waals surface area contributed by atoms with Crippen molar-refractivity contribution in [1.29, 1.82) is 10.8 Å². The zero-order chi connectivity index (χ0) is 7.44. The van der Waals surface area contributed by atoms with Crippen molar-refractivity contribution in [3.63, 3.8) is 0 Å². The minimum absolute atomic E-state index is 0.499. The molecule has 0 rings (SSSR count). The first-order valence-electron chi connectivity index (χ1n) is 2.83. The monoisotopic (exact) mass is 124 g/mol. The van der Waals surface area contributed by atoms with Crippen molar-refractivity contribution < 1.29 is 0 Å². The van der Waals surface area contributed by atoms with Crippen LogP contribution in [0.3, 0.4) is 0 Å². The van der Waals surface area contributed by atoms with Gasteiger partial charge in [0.1, 0.15) is 0 Å². The van der Waals surface area contributed by atoms with Crippen LogP contribution in [-0.4, -0.2) is 11.4 Å². The van der Waals surface area contributed by atoms with Gasteiger partial charge in [0.05, 0.1) is 0 Å². The SMILES string of the molecule is CC(=N)/C=C(/C)C(C)=N. The standard InChI is InChI=1S/C7H12N2/c1-5(7(3)9)4-6(2)8/h4,8-9H,1-3H3/b5-4-,8-6?,9-7?. The molecule has 0 amide bonds. The molecule has 0 saturated carbocycles. The predicted molar refractivity (Wildman–Crippen MR) is 40.6 cm³/mol. The highest BCUT2D eigenvalue weighted by atomic mass is 14.4. The van der Waals surface area contributed by atoms with Crippen molar-refractivity contribution in [3.8, 4) is 0 Å². The second-order valence-electron chi connectivity index (χ2n) is 2.14. The maximum atomic E-state index is 7.13. The largest absolute Gasteiger partial charge is 0.306 e. The van der Waals surface area contributed by atoms with E-state index in [4.69, 9.17) is 10.8 Å². The minimum Gasteiger partial charge on any atom is -0.306 e. The molecule has 0 bridgehead atoms. The first-order chi connectivity index (χ1) is 4.04. The van der Waals surface area contributed by atoms with Crippen molar-refractivity contribution in [2.24, 2.45) is 0 Å². The predicted octanol–water partition coefficient (Wildman–Crippen LogP) is 2.01. The molecule has 2 heteroatoms. The molecule has 0 saturated heterocycles. The van der Waals surface area contributed by atoms with E-state index in [-0.39, 0.29) is 0 Å². The molecule has 0 fully saturated rings. The molecule has 0 aromatic carbocycles. The molecule has 0 unspecified atom stereocenters. The molecule has 0 aliphatic carbocycles. The van der Waals surface area contributed by atoms with Crippen LogP contribution >= 0.6 is 0 Å². The van der Waals surface area contributed by atoms with E-state index in [9.17, 15) is 0 Å². The van der Waals surface area contributed by atoms with E-state index in [1.807, 2.05) is 6.92 Å². The average molecular weight is 124 g/mol. The van der Waals surface area contributed by atoms with Gasteiger partial charge < -0.3 is 10.8 Å². The molecular weight excluding hydrogens is 112 g/mol. The summed E-state index contributed by atoms with van der Waals surface area (Å²) in [5.41, 5.74) is 1.89. The van der Waals surface area contributed by atoms with E-state index >= 15 is 0 Å². The lowest BCUT2D eigenvalue weighted by atomic mass is 10.2. The van der Waals surface area contributed by atoms with Gasteiger partial charge in [0.2, 0.25) is 0 Å². The number of allylic oxidation sites excluding steroid dienone is 2. The Kier molecular flexibility index (Phi) is 2.85. The Bertz CT molecular complexity index is 166. The first-order valence-corrected chi connectivity index (χ1v) is 2.83. The fourth-order valence-electron chi connectivity index (χ4n) is 0.433. The highest BCUT2D eigenvalue weighted by Gasteiger charge is 1.89. The summed E-state index contributed by atoms with van der Waals surface area (Å²) in [6, 6.07) is 0. The number of hydrogen-bond acceptors (Lipinski definition) is 2. The molecule has 2 N–H and O–H groups in total. The van der Waals surface area contributed by atoms with Gasteiger partial charge in [0.25, 0.3) is 0 Å². The van der Waals surface area contributed by atoms with Gasteiger partial charge in [-0.1, -0.05) is 0 Å². The van der Waals surface area contributed by atoms with Crippen molar-refractivity contribution in [1.82, 2.24) is 0 Å². The van der Waals surface area contributed by atoms with Crippen LogP contribution < -0.4 is 0 Å². The maximum Gasteiger partial charge on any atom is 0.0312 e. The molecule has 9 heavy (non-hydrogen) atoms. The molecule has 2 nitrogen and oxygen atoms in total. The summed E-state index contributed by atoms with van der Waals surface area (Å²) in [6.07, 6.45) is 1.68. The van der Waals surface area contributed by atoms with Gasteiger partial charge in [-0.15, -0.1) is 0 Å². The molecule has 0 radical (unpaired) electrons. The topological polar surface area (TPSA) is 47.7 Å². The highest BCUT2D eigenvalue weighted by Crippen LogP contribution is 1.93. The number of nitrogens with one attached hydrogen (secondary N) is 2. The summed E-state index contributed by atoms with van der Waals surface area (Å²) in [5.74, 6) is 0. The van der Waals surface area contributed by atoms with Gasteiger partial charge in [-0.05, 0) is 32.4 Å². The van der Waals surface area contributed by atoms with Crippen LogP contribution in [0.2, 0.25) is 0 Å². The quantitative estimate of drug-likeness (QED) is 0.529. The molecule has 0 aliphatic rings. The zero-order valence-corrected chi connectivity index (χ0v) is 6.08. The first kappa shape index (κ1) is 8.08. The van der Waals surface area contributed by atoms with Crippen LogP contribution in [0.4, 0.5) is 0 Å². The Balaban J connectivity index is 4.17. The van der Waals surface area contributed by atoms with Crippen LogP contribution in [0.5, 0.6) is 0 Å². The van der Waals surface area contributed by atoms with Gasteiger partial charge in [-0.2, -0.15) is 0 Å². The summed E-state index contributed by atoms with van der Waals surface area (Å²) in [5, 5.41) is 14.2. The lowest BCUT2D eigenvalue weighted by Gasteiger charge is -1.93. The van der Waals surface area contributed by atoms with E-state index in [0.29, 0.717) is 11.4 Å². The van der Waals surface area contributed by atoms with E-state index in [0.717, 1.165) is 5.57 Å². The number of rotatable bonds is 2. The van der Waals surface area contributed by atoms with Crippen LogP contribution in [0, 0.1) is 10.8 Å². The van der Waals surface area contributed by atoms with Gasteiger partial charge in [-0.3, -0.25) is 0 Å². The van der Waals surface area contributed by atoms with E-state index in [2.05, 4.69) is 0 Å². The van der Waals surface area contributed by atoms with Gasteiger partial charge in [-0.25, -0.2) is 0 Å². The Labute approximate surface area is 55.6 Å². The normalized spacial score (nSPS) is 11.2. The maximum absolute atomic E-state index is 7.13. The average Bonchev–Trinajstić information content (AvgIpc) is 1.63. The molecule has 0 spiro atoms. The van der Waals surface area contributed by atoms with Gasteiger partial charge in [0, 0.05) is 11.4 Å². The third-order valence-electron chi connectivity index (χ3n) is 1.02. The van der Waals surface area contributed by atoms with Crippen LogP contribution in [0.15, 0.2) is 11.6 Å². The fourth-order valence-corrected chi connectivity index (χ4v) is 0.433. The lowest BCUT2D eigenvalue weighted by Crippen LogP contribution is -1.92. The van der Waals surface area contributed by atoms with Crippen LogP contribution in [0.25, 0.3) is 0 Å². The van der Waals surface area contributed by atoms with Crippen molar-refractivity contribution in [2.75, 3.05) is 0 Å². The van der Waals surface area contributed by atoms with Crippen molar-refractivity contribution in [2.45, 2.75) is 20.8 Å². The molecule has 0 atom stereocenters. The Hall–Kier alpha value is -0.920. The Morgan fingerprint density at radius 2 is 1.56 bits per heavy atom. The lowest BCUT2D eigenvalue weighted by molar-refractivity contribution is 1.41. The van der Waals surface area contributed by atoms with Crippen molar-refractivity contribution in [3.05, 3.63) is 11.6 Å². The molecule has 0 aliphatic heterocycles. The summed E-state index contributed by atoms with van der Waals surface area (Å²) in [4.78, 5) is 0. The smallest absolute Gasteiger partial charge is 0.0312 e.